The molecule has 0 spiro atoms. The molecule has 2 nitrogen and oxygen atoms in total. The maximum absolute atomic E-state index is 12.3. The molecule has 16 heavy (non-hydrogen) atoms. The smallest absolute Gasteiger partial charge is 0.165 e. The standard InChI is InChI=1S/C14H26O2/c1-5-10-8-6-7-9-11(10)12(15)13(16)14(2,3)4/h10-11,13,16H,5-9H2,1-4H3. The largest absolute Gasteiger partial charge is 0.385 e. The van der Waals surface area contributed by atoms with Crippen molar-refractivity contribution < 1.29 is 9.90 Å². The number of carbonyl (C=O) groups excluding carboxylic acids is 1. The normalized spacial score (nSPS) is 28.8. The third kappa shape index (κ3) is 3.07. The van der Waals surface area contributed by atoms with Crippen LogP contribution >= 0.6 is 0 Å². The van der Waals surface area contributed by atoms with E-state index < -0.39 is 6.10 Å². The van der Waals surface area contributed by atoms with Crippen LogP contribution in [0.3, 0.4) is 0 Å². The van der Waals surface area contributed by atoms with Crippen molar-refractivity contribution in [1.82, 2.24) is 0 Å². The molecule has 0 bridgehead atoms. The number of hydrogen-bond donors (Lipinski definition) is 1. The first-order chi connectivity index (χ1) is 7.38. The van der Waals surface area contributed by atoms with E-state index in [9.17, 15) is 9.90 Å². The average Bonchev–Trinajstić information content (AvgIpc) is 2.25. The second kappa shape index (κ2) is 5.31. The van der Waals surface area contributed by atoms with Crippen molar-refractivity contribution >= 4 is 5.78 Å². The van der Waals surface area contributed by atoms with E-state index >= 15 is 0 Å². The summed E-state index contributed by atoms with van der Waals surface area (Å²) in [4.78, 5) is 12.3. The van der Waals surface area contributed by atoms with Crippen LogP contribution in [0.25, 0.3) is 0 Å². The third-order valence-electron chi connectivity index (χ3n) is 3.89. The molecule has 1 fully saturated rings. The minimum Gasteiger partial charge on any atom is -0.385 e. The third-order valence-corrected chi connectivity index (χ3v) is 3.89. The Kier molecular flexibility index (Phi) is 4.54. The van der Waals surface area contributed by atoms with Crippen molar-refractivity contribution in [2.75, 3.05) is 0 Å². The lowest BCUT2D eigenvalue weighted by Crippen LogP contribution is -2.41. The van der Waals surface area contributed by atoms with Crippen molar-refractivity contribution in [3.8, 4) is 0 Å². The van der Waals surface area contributed by atoms with Crippen LogP contribution in [0, 0.1) is 17.3 Å². The molecule has 0 aromatic carbocycles. The summed E-state index contributed by atoms with van der Waals surface area (Å²) in [5.74, 6) is 0.685. The molecule has 1 saturated carbocycles. The van der Waals surface area contributed by atoms with E-state index in [4.69, 9.17) is 0 Å². The quantitative estimate of drug-likeness (QED) is 0.802. The number of carbonyl (C=O) groups is 1. The van der Waals surface area contributed by atoms with Crippen molar-refractivity contribution in [3.63, 3.8) is 0 Å². The van der Waals surface area contributed by atoms with Crippen molar-refractivity contribution in [3.05, 3.63) is 0 Å². The first-order valence-electron chi connectivity index (χ1n) is 6.59. The zero-order valence-electron chi connectivity index (χ0n) is 11.1. The maximum atomic E-state index is 12.3. The summed E-state index contributed by atoms with van der Waals surface area (Å²) in [6.07, 6.45) is 4.78. The van der Waals surface area contributed by atoms with Gasteiger partial charge >= 0.3 is 0 Å². The Bertz CT molecular complexity index is 240. The Morgan fingerprint density at radius 1 is 1.31 bits per heavy atom. The van der Waals surface area contributed by atoms with E-state index in [-0.39, 0.29) is 17.1 Å². The number of hydrogen-bond acceptors (Lipinski definition) is 2. The predicted octanol–water partition coefficient (Wildman–Crippen LogP) is 3.18. The topological polar surface area (TPSA) is 37.3 Å². The van der Waals surface area contributed by atoms with Crippen LogP contribution in [0.15, 0.2) is 0 Å². The fourth-order valence-corrected chi connectivity index (χ4v) is 2.70. The van der Waals surface area contributed by atoms with Crippen molar-refractivity contribution in [1.29, 1.82) is 0 Å². The molecule has 0 heterocycles. The summed E-state index contributed by atoms with van der Waals surface area (Å²) in [6.45, 7) is 7.94. The highest BCUT2D eigenvalue weighted by Crippen LogP contribution is 2.35. The van der Waals surface area contributed by atoms with Gasteiger partial charge in [0, 0.05) is 5.92 Å². The van der Waals surface area contributed by atoms with Gasteiger partial charge < -0.3 is 5.11 Å². The lowest BCUT2D eigenvalue weighted by atomic mass is 9.71. The van der Waals surface area contributed by atoms with Gasteiger partial charge in [-0.25, -0.2) is 0 Å². The molecule has 94 valence electrons. The van der Waals surface area contributed by atoms with Gasteiger partial charge in [0.1, 0.15) is 6.10 Å². The zero-order chi connectivity index (χ0) is 12.3. The highest BCUT2D eigenvalue weighted by Gasteiger charge is 2.37. The number of rotatable bonds is 3. The average molecular weight is 226 g/mol. The van der Waals surface area contributed by atoms with Crippen LogP contribution in [0.2, 0.25) is 0 Å². The van der Waals surface area contributed by atoms with E-state index in [1.165, 1.54) is 6.42 Å². The van der Waals surface area contributed by atoms with E-state index in [0.717, 1.165) is 25.7 Å². The minimum atomic E-state index is -0.801. The Morgan fingerprint density at radius 2 is 1.88 bits per heavy atom. The monoisotopic (exact) mass is 226 g/mol. The highest BCUT2D eigenvalue weighted by molar-refractivity contribution is 5.86. The molecule has 1 N–H and O–H groups in total. The second-order valence-corrected chi connectivity index (χ2v) is 6.23. The summed E-state index contributed by atoms with van der Waals surface area (Å²) >= 11 is 0. The van der Waals surface area contributed by atoms with Gasteiger partial charge in [-0.05, 0) is 24.2 Å². The number of aliphatic hydroxyl groups excluding tert-OH is 1. The second-order valence-electron chi connectivity index (χ2n) is 6.23. The zero-order valence-corrected chi connectivity index (χ0v) is 11.1. The molecule has 0 aromatic heterocycles. The summed E-state index contributed by atoms with van der Waals surface area (Å²) in [5, 5.41) is 10.1. The summed E-state index contributed by atoms with van der Waals surface area (Å²) in [6, 6.07) is 0. The first kappa shape index (κ1) is 13.7. The molecule has 1 aliphatic carbocycles. The number of ketones is 1. The van der Waals surface area contributed by atoms with Gasteiger partial charge in [0.15, 0.2) is 5.78 Å². The maximum Gasteiger partial charge on any atom is 0.165 e. The minimum absolute atomic E-state index is 0.0825. The van der Waals surface area contributed by atoms with Gasteiger partial charge in [-0.15, -0.1) is 0 Å². The van der Waals surface area contributed by atoms with Crippen molar-refractivity contribution in [2.24, 2.45) is 17.3 Å². The van der Waals surface area contributed by atoms with Crippen LogP contribution in [0.4, 0.5) is 0 Å². The van der Waals surface area contributed by atoms with E-state index in [2.05, 4.69) is 6.92 Å². The lowest BCUT2D eigenvalue weighted by molar-refractivity contribution is -0.139. The number of Topliss-reactive ketones (excluding diaryl/α,β-unsaturated/α-hetero) is 1. The molecule has 1 rings (SSSR count). The summed E-state index contributed by atoms with van der Waals surface area (Å²) < 4.78 is 0. The lowest BCUT2D eigenvalue weighted by Gasteiger charge is -2.34. The fourth-order valence-electron chi connectivity index (χ4n) is 2.70. The summed E-state index contributed by atoms with van der Waals surface area (Å²) in [5.41, 5.74) is -0.327. The predicted molar refractivity (Wildman–Crippen MR) is 66.2 cm³/mol. The Balaban J connectivity index is 2.71. The molecule has 0 aromatic rings. The molecule has 2 heteroatoms. The van der Waals surface area contributed by atoms with Crippen LogP contribution in [0.1, 0.15) is 59.8 Å². The van der Waals surface area contributed by atoms with Gasteiger partial charge in [0.25, 0.3) is 0 Å². The molecular formula is C14H26O2. The van der Waals surface area contributed by atoms with Crippen LogP contribution < -0.4 is 0 Å². The van der Waals surface area contributed by atoms with E-state index in [0.29, 0.717) is 5.92 Å². The summed E-state index contributed by atoms with van der Waals surface area (Å²) in [7, 11) is 0. The Morgan fingerprint density at radius 3 is 2.38 bits per heavy atom. The van der Waals surface area contributed by atoms with Crippen molar-refractivity contribution in [2.45, 2.75) is 65.9 Å². The molecule has 1 aliphatic rings. The fraction of sp³-hybridized carbons (Fsp3) is 0.929. The van der Waals surface area contributed by atoms with Gasteiger partial charge in [-0.2, -0.15) is 0 Å². The Hall–Kier alpha value is -0.370. The first-order valence-corrected chi connectivity index (χ1v) is 6.59. The van der Waals surface area contributed by atoms with Gasteiger partial charge in [-0.1, -0.05) is 47.0 Å². The Labute approximate surface area is 99.4 Å². The van der Waals surface area contributed by atoms with Crippen LogP contribution in [0.5, 0.6) is 0 Å². The van der Waals surface area contributed by atoms with Gasteiger partial charge in [0.2, 0.25) is 0 Å². The highest BCUT2D eigenvalue weighted by atomic mass is 16.3. The molecule has 3 atom stereocenters. The molecule has 0 aliphatic heterocycles. The molecular weight excluding hydrogens is 200 g/mol. The number of aliphatic hydroxyl groups is 1. The van der Waals surface area contributed by atoms with Gasteiger partial charge in [0.05, 0.1) is 0 Å². The molecule has 0 amide bonds. The van der Waals surface area contributed by atoms with E-state index in [1.54, 1.807) is 0 Å². The van der Waals surface area contributed by atoms with E-state index in [1.807, 2.05) is 20.8 Å². The molecule has 3 unspecified atom stereocenters. The molecule has 0 saturated heterocycles. The van der Waals surface area contributed by atoms with Crippen LogP contribution in [-0.4, -0.2) is 17.0 Å². The molecule has 0 radical (unpaired) electrons. The SMILES string of the molecule is CCC1CCCCC1C(=O)C(O)C(C)(C)C. The van der Waals surface area contributed by atoms with Crippen LogP contribution in [-0.2, 0) is 4.79 Å². The van der Waals surface area contributed by atoms with Gasteiger partial charge in [-0.3, -0.25) is 4.79 Å².